The fourth-order valence-corrected chi connectivity index (χ4v) is 3.89. The minimum absolute atomic E-state index is 0.00419. The molecule has 0 aliphatic carbocycles. The molecule has 1 aliphatic rings. The van der Waals surface area contributed by atoms with Crippen LogP contribution in [0.2, 0.25) is 0 Å². The maximum Gasteiger partial charge on any atom is 0.272 e. The van der Waals surface area contributed by atoms with Crippen molar-refractivity contribution in [3.63, 3.8) is 0 Å². The van der Waals surface area contributed by atoms with E-state index < -0.39 is 0 Å². The monoisotopic (exact) mass is 408 g/mol. The number of rotatable bonds is 4. The molecule has 1 aromatic carbocycles. The summed E-state index contributed by atoms with van der Waals surface area (Å²) in [6.45, 7) is 1.27. The summed E-state index contributed by atoms with van der Waals surface area (Å²) < 4.78 is 15.4. The Balaban J connectivity index is 1.60. The van der Waals surface area contributed by atoms with Crippen LogP contribution in [0.15, 0.2) is 42.7 Å². The number of piperidine rings is 1. The van der Waals surface area contributed by atoms with E-state index in [4.69, 9.17) is 4.98 Å². The van der Waals surface area contributed by atoms with Gasteiger partial charge in [0.05, 0.1) is 5.69 Å². The average molecular weight is 408 g/mol. The summed E-state index contributed by atoms with van der Waals surface area (Å²) in [5.41, 5.74) is 3.11. The Kier molecular flexibility index (Phi) is 5.48. The molecule has 30 heavy (non-hydrogen) atoms. The lowest BCUT2D eigenvalue weighted by atomic mass is 9.88. The molecule has 1 saturated heterocycles. The molecular formula is C22H25FN6O. The van der Waals surface area contributed by atoms with E-state index in [0.717, 1.165) is 29.7 Å². The molecule has 0 bridgehead atoms. The first-order chi connectivity index (χ1) is 14.4. The van der Waals surface area contributed by atoms with E-state index >= 15 is 0 Å². The molecule has 0 N–H and O–H groups in total. The molecule has 1 aliphatic heterocycles. The molecule has 3 aromatic rings. The van der Waals surface area contributed by atoms with Gasteiger partial charge >= 0.3 is 0 Å². The smallest absolute Gasteiger partial charge is 0.272 e. The summed E-state index contributed by atoms with van der Waals surface area (Å²) in [5.74, 6) is 0.501. The largest absolute Gasteiger partial charge is 0.347 e. The van der Waals surface area contributed by atoms with Crippen LogP contribution in [0.5, 0.6) is 0 Å². The topological polar surface area (TPSA) is 67.2 Å². The maximum atomic E-state index is 13.8. The number of hydrogen-bond acceptors (Lipinski definition) is 5. The van der Waals surface area contributed by atoms with Crippen LogP contribution in [0.25, 0.3) is 11.1 Å². The Morgan fingerprint density at radius 3 is 2.60 bits per heavy atom. The van der Waals surface area contributed by atoms with Gasteiger partial charge in [0, 0.05) is 58.1 Å². The number of aryl methyl sites for hydroxylation is 1. The molecule has 156 valence electrons. The van der Waals surface area contributed by atoms with Crippen molar-refractivity contribution in [3.8, 4) is 11.1 Å². The predicted molar refractivity (Wildman–Crippen MR) is 113 cm³/mol. The number of aromatic nitrogens is 4. The summed E-state index contributed by atoms with van der Waals surface area (Å²) in [5, 5.41) is 4.09. The first-order valence-corrected chi connectivity index (χ1v) is 10.0. The molecule has 3 heterocycles. The third-order valence-electron chi connectivity index (χ3n) is 5.55. The third kappa shape index (κ3) is 3.90. The lowest BCUT2D eigenvalue weighted by molar-refractivity contribution is 0.0701. The molecule has 4 rings (SSSR count). The van der Waals surface area contributed by atoms with Crippen LogP contribution in [0, 0.1) is 5.82 Å². The Bertz CT molecular complexity index is 1060. The number of carbonyl (C=O) groups is 1. The molecule has 1 amide bonds. The van der Waals surface area contributed by atoms with Crippen molar-refractivity contribution >= 4 is 11.9 Å². The van der Waals surface area contributed by atoms with Gasteiger partial charge in [-0.15, -0.1) is 0 Å². The SMILES string of the molecule is CN(C)c1ncc(-c2cccc(F)c2)c(C2CCN(C(=O)c3ccnn3C)CC2)n1. The first kappa shape index (κ1) is 20.0. The molecule has 0 unspecified atom stereocenters. The number of likely N-dealkylation sites (tertiary alicyclic amines) is 1. The molecule has 7 nitrogen and oxygen atoms in total. The Morgan fingerprint density at radius 1 is 1.20 bits per heavy atom. The minimum Gasteiger partial charge on any atom is -0.347 e. The Labute approximate surface area is 175 Å². The van der Waals surface area contributed by atoms with Gasteiger partial charge in [-0.1, -0.05) is 12.1 Å². The summed E-state index contributed by atoms with van der Waals surface area (Å²) in [7, 11) is 5.57. The number of nitrogens with zero attached hydrogens (tertiary/aromatic N) is 6. The number of hydrogen-bond donors (Lipinski definition) is 0. The molecule has 0 saturated carbocycles. The number of amides is 1. The zero-order valence-corrected chi connectivity index (χ0v) is 17.4. The molecule has 8 heteroatoms. The Hall–Kier alpha value is -3.29. The highest BCUT2D eigenvalue weighted by Crippen LogP contribution is 2.35. The minimum atomic E-state index is -0.285. The Morgan fingerprint density at radius 2 is 1.97 bits per heavy atom. The quantitative estimate of drug-likeness (QED) is 0.664. The molecule has 0 radical (unpaired) electrons. The maximum absolute atomic E-state index is 13.8. The van der Waals surface area contributed by atoms with E-state index in [9.17, 15) is 9.18 Å². The van der Waals surface area contributed by atoms with Crippen LogP contribution < -0.4 is 4.90 Å². The van der Waals surface area contributed by atoms with Crippen LogP contribution in [-0.4, -0.2) is 57.7 Å². The molecule has 0 atom stereocenters. The van der Waals surface area contributed by atoms with Gasteiger partial charge in [-0.25, -0.2) is 14.4 Å². The van der Waals surface area contributed by atoms with Crippen LogP contribution >= 0.6 is 0 Å². The van der Waals surface area contributed by atoms with Gasteiger partial charge < -0.3 is 9.80 Å². The highest BCUT2D eigenvalue weighted by molar-refractivity contribution is 5.92. The molecular weight excluding hydrogens is 383 g/mol. The second-order valence-electron chi connectivity index (χ2n) is 7.78. The van der Waals surface area contributed by atoms with Crippen molar-refractivity contribution in [3.05, 3.63) is 59.9 Å². The van der Waals surface area contributed by atoms with E-state index in [-0.39, 0.29) is 17.6 Å². The first-order valence-electron chi connectivity index (χ1n) is 10.0. The van der Waals surface area contributed by atoms with Crippen molar-refractivity contribution in [2.24, 2.45) is 7.05 Å². The van der Waals surface area contributed by atoms with Crippen molar-refractivity contribution in [1.29, 1.82) is 0 Å². The number of benzene rings is 1. The summed E-state index contributed by atoms with van der Waals surface area (Å²) in [4.78, 5) is 25.8. The van der Waals surface area contributed by atoms with Crippen LogP contribution in [0.3, 0.4) is 0 Å². The number of halogens is 1. The van der Waals surface area contributed by atoms with E-state index in [1.807, 2.05) is 30.0 Å². The zero-order chi connectivity index (χ0) is 21.3. The van der Waals surface area contributed by atoms with Crippen molar-refractivity contribution in [2.75, 3.05) is 32.1 Å². The van der Waals surface area contributed by atoms with Gasteiger partial charge in [-0.05, 0) is 36.6 Å². The van der Waals surface area contributed by atoms with E-state index in [0.29, 0.717) is 24.7 Å². The van der Waals surface area contributed by atoms with Crippen LogP contribution in [-0.2, 0) is 7.05 Å². The van der Waals surface area contributed by atoms with Crippen LogP contribution in [0.4, 0.5) is 10.3 Å². The lowest BCUT2D eigenvalue weighted by Gasteiger charge is -2.32. The molecule has 0 spiro atoms. The van der Waals surface area contributed by atoms with E-state index in [1.54, 1.807) is 36.3 Å². The van der Waals surface area contributed by atoms with Gasteiger partial charge in [0.1, 0.15) is 11.5 Å². The summed E-state index contributed by atoms with van der Waals surface area (Å²) in [6.07, 6.45) is 4.99. The van der Waals surface area contributed by atoms with E-state index in [1.165, 1.54) is 12.1 Å². The zero-order valence-electron chi connectivity index (χ0n) is 17.4. The normalized spacial score (nSPS) is 14.7. The average Bonchev–Trinajstić information content (AvgIpc) is 3.18. The standard InChI is InChI=1S/C22H25FN6O/c1-27(2)22-24-14-18(16-5-4-6-17(23)13-16)20(26-22)15-8-11-29(12-9-15)21(30)19-7-10-25-28(19)3/h4-7,10,13-15H,8-9,11-12H2,1-3H3. The lowest BCUT2D eigenvalue weighted by Crippen LogP contribution is -2.39. The predicted octanol–water partition coefficient (Wildman–Crippen LogP) is 3.10. The van der Waals surface area contributed by atoms with Crippen molar-refractivity contribution < 1.29 is 9.18 Å². The third-order valence-corrected chi connectivity index (χ3v) is 5.55. The summed E-state index contributed by atoms with van der Waals surface area (Å²) >= 11 is 0. The van der Waals surface area contributed by atoms with Crippen molar-refractivity contribution in [1.82, 2.24) is 24.6 Å². The fourth-order valence-electron chi connectivity index (χ4n) is 3.89. The second-order valence-corrected chi connectivity index (χ2v) is 7.78. The molecule has 2 aromatic heterocycles. The van der Waals surface area contributed by atoms with Gasteiger partial charge in [-0.2, -0.15) is 5.10 Å². The van der Waals surface area contributed by atoms with Gasteiger partial charge in [0.2, 0.25) is 5.95 Å². The number of carbonyl (C=O) groups excluding carboxylic acids is 1. The highest BCUT2D eigenvalue weighted by Gasteiger charge is 2.28. The van der Waals surface area contributed by atoms with E-state index in [2.05, 4.69) is 10.1 Å². The van der Waals surface area contributed by atoms with Gasteiger partial charge in [0.25, 0.3) is 5.91 Å². The van der Waals surface area contributed by atoms with Gasteiger partial charge in [-0.3, -0.25) is 9.48 Å². The summed E-state index contributed by atoms with van der Waals surface area (Å²) in [6, 6.07) is 8.26. The van der Waals surface area contributed by atoms with Crippen molar-refractivity contribution in [2.45, 2.75) is 18.8 Å². The highest BCUT2D eigenvalue weighted by atomic mass is 19.1. The second kappa shape index (κ2) is 8.22. The fraction of sp³-hybridized carbons (Fsp3) is 0.364. The van der Waals surface area contributed by atoms with Gasteiger partial charge in [0.15, 0.2) is 0 Å². The molecule has 1 fully saturated rings. The van der Waals surface area contributed by atoms with Crippen LogP contribution in [0.1, 0.15) is 34.9 Å². The number of anilines is 1.